The first-order chi connectivity index (χ1) is 6.66. The van der Waals surface area contributed by atoms with Gasteiger partial charge in [-0.1, -0.05) is 11.6 Å². The van der Waals surface area contributed by atoms with Crippen molar-refractivity contribution in [2.75, 3.05) is 5.73 Å². The van der Waals surface area contributed by atoms with Crippen molar-refractivity contribution in [3.8, 4) is 5.69 Å². The molecule has 2 N–H and O–H groups in total. The van der Waals surface area contributed by atoms with Gasteiger partial charge in [0.05, 0.1) is 6.20 Å². The molecule has 1 aromatic heterocycles. The van der Waals surface area contributed by atoms with Gasteiger partial charge < -0.3 is 5.73 Å². The largest absolute Gasteiger partial charge is 0.381 e. The number of nitrogen functional groups attached to an aromatic ring is 1. The average Bonchev–Trinajstić information content (AvgIpc) is 2.56. The third kappa shape index (κ3) is 1.54. The first-order valence-corrected chi connectivity index (χ1v) is 4.18. The molecule has 0 aliphatic heterocycles. The lowest BCUT2D eigenvalue weighted by Gasteiger charge is -2.01. The number of benzene rings is 1. The molecule has 2 aromatic rings. The fourth-order valence-corrected chi connectivity index (χ4v) is 1.20. The number of nitrogens with two attached hydrogens (primary N) is 1. The van der Waals surface area contributed by atoms with Gasteiger partial charge in [0.1, 0.15) is 5.69 Å². The first-order valence-electron chi connectivity index (χ1n) is 3.80. The first kappa shape index (κ1) is 8.96. The van der Waals surface area contributed by atoms with Crippen molar-refractivity contribution < 1.29 is 4.39 Å². The van der Waals surface area contributed by atoms with Gasteiger partial charge in [0.15, 0.2) is 11.6 Å². The quantitative estimate of drug-likeness (QED) is 0.782. The summed E-state index contributed by atoms with van der Waals surface area (Å²) in [5.74, 6) is -0.227. The van der Waals surface area contributed by atoms with E-state index >= 15 is 0 Å². The van der Waals surface area contributed by atoms with E-state index in [0.717, 1.165) is 4.80 Å². The zero-order valence-corrected chi connectivity index (χ0v) is 7.74. The van der Waals surface area contributed by atoms with E-state index in [4.69, 9.17) is 17.3 Å². The summed E-state index contributed by atoms with van der Waals surface area (Å²) in [4.78, 5) is 1.09. The Labute approximate surface area is 84.1 Å². The summed E-state index contributed by atoms with van der Waals surface area (Å²) >= 11 is 5.71. The summed E-state index contributed by atoms with van der Waals surface area (Å²) in [6.45, 7) is 0. The summed E-state index contributed by atoms with van der Waals surface area (Å²) in [6, 6.07) is 4.13. The average molecular weight is 213 g/mol. The molecule has 0 aliphatic rings. The second kappa shape index (κ2) is 3.26. The number of nitrogens with zero attached hydrogens (tertiary/aromatic N) is 3. The molecule has 0 saturated heterocycles. The maximum absolute atomic E-state index is 13.3. The van der Waals surface area contributed by atoms with Crippen molar-refractivity contribution in [3.63, 3.8) is 0 Å². The maximum Gasteiger partial charge on any atom is 0.166 e. The highest BCUT2D eigenvalue weighted by molar-refractivity contribution is 6.30. The predicted molar refractivity (Wildman–Crippen MR) is 50.7 cm³/mol. The molecular formula is C8H6ClFN4. The Kier molecular flexibility index (Phi) is 2.09. The van der Waals surface area contributed by atoms with Gasteiger partial charge >= 0.3 is 0 Å². The van der Waals surface area contributed by atoms with E-state index in [9.17, 15) is 4.39 Å². The smallest absolute Gasteiger partial charge is 0.166 e. The number of halogens is 2. The molecule has 0 saturated carbocycles. The van der Waals surface area contributed by atoms with Gasteiger partial charge in [0.25, 0.3) is 0 Å². The van der Waals surface area contributed by atoms with Crippen molar-refractivity contribution in [1.82, 2.24) is 15.0 Å². The van der Waals surface area contributed by atoms with Crippen LogP contribution in [0.5, 0.6) is 0 Å². The highest BCUT2D eigenvalue weighted by atomic mass is 35.5. The molecule has 4 nitrogen and oxygen atoms in total. The molecule has 0 unspecified atom stereocenters. The molecule has 0 aliphatic carbocycles. The minimum atomic E-state index is -0.454. The summed E-state index contributed by atoms with van der Waals surface area (Å²) in [6.07, 6.45) is 1.33. The lowest BCUT2D eigenvalue weighted by atomic mass is 10.3. The number of hydrogen-bond donors (Lipinski definition) is 1. The van der Waals surface area contributed by atoms with Crippen LogP contribution in [-0.4, -0.2) is 15.0 Å². The minimum Gasteiger partial charge on any atom is -0.381 e. The highest BCUT2D eigenvalue weighted by Crippen LogP contribution is 2.17. The fraction of sp³-hybridized carbons (Fsp3) is 0. The Morgan fingerprint density at radius 1 is 1.43 bits per heavy atom. The van der Waals surface area contributed by atoms with Gasteiger partial charge in [-0.05, 0) is 18.2 Å². The molecular weight excluding hydrogens is 207 g/mol. The second-order valence-corrected chi connectivity index (χ2v) is 3.09. The third-order valence-corrected chi connectivity index (χ3v) is 1.87. The van der Waals surface area contributed by atoms with Gasteiger partial charge in [0.2, 0.25) is 0 Å². The van der Waals surface area contributed by atoms with E-state index in [2.05, 4.69) is 10.2 Å². The van der Waals surface area contributed by atoms with Crippen LogP contribution in [0.25, 0.3) is 5.69 Å². The number of anilines is 1. The molecule has 0 bridgehead atoms. The normalized spacial score (nSPS) is 10.4. The van der Waals surface area contributed by atoms with Crippen LogP contribution in [0.2, 0.25) is 5.02 Å². The summed E-state index contributed by atoms with van der Waals surface area (Å²) in [5, 5.41) is 7.95. The van der Waals surface area contributed by atoms with Crippen molar-refractivity contribution in [1.29, 1.82) is 0 Å². The van der Waals surface area contributed by atoms with Crippen LogP contribution >= 0.6 is 11.6 Å². The summed E-state index contributed by atoms with van der Waals surface area (Å²) in [5.41, 5.74) is 5.53. The standard InChI is InChI=1S/C8H6ClFN4/c9-5-1-2-6(10)7(3-5)14-12-4-8(11)13-14/h1-4H,(H2,11,13). The Hall–Kier alpha value is -1.62. The van der Waals surface area contributed by atoms with E-state index in [1.54, 1.807) is 0 Å². The third-order valence-electron chi connectivity index (χ3n) is 1.63. The van der Waals surface area contributed by atoms with Crippen LogP contribution in [0.3, 0.4) is 0 Å². The van der Waals surface area contributed by atoms with Crippen LogP contribution < -0.4 is 5.73 Å². The predicted octanol–water partition coefficient (Wildman–Crippen LogP) is 1.64. The lowest BCUT2D eigenvalue weighted by molar-refractivity contribution is 0.597. The molecule has 0 amide bonds. The second-order valence-electron chi connectivity index (χ2n) is 2.65. The molecule has 6 heteroatoms. The van der Waals surface area contributed by atoms with Crippen LogP contribution in [0, 0.1) is 5.82 Å². The minimum absolute atomic E-state index is 0.175. The van der Waals surface area contributed by atoms with Crippen LogP contribution in [0.1, 0.15) is 0 Å². The topological polar surface area (TPSA) is 56.7 Å². The van der Waals surface area contributed by atoms with Gasteiger partial charge in [-0.15, -0.1) is 9.90 Å². The van der Waals surface area contributed by atoms with Crippen LogP contribution in [-0.2, 0) is 0 Å². The van der Waals surface area contributed by atoms with Crippen LogP contribution in [0.15, 0.2) is 24.4 Å². The summed E-state index contributed by atoms with van der Waals surface area (Å²) < 4.78 is 13.3. The van der Waals surface area contributed by atoms with Crippen molar-refractivity contribution in [3.05, 3.63) is 35.2 Å². The molecule has 0 radical (unpaired) electrons. The molecule has 0 fully saturated rings. The van der Waals surface area contributed by atoms with Gasteiger partial charge in [-0.2, -0.15) is 5.10 Å². The van der Waals surface area contributed by atoms with E-state index in [0.29, 0.717) is 5.02 Å². The van der Waals surface area contributed by atoms with E-state index in [1.165, 1.54) is 24.4 Å². The number of hydrogen-bond acceptors (Lipinski definition) is 3. The van der Waals surface area contributed by atoms with Gasteiger partial charge in [-0.3, -0.25) is 0 Å². The Balaban J connectivity index is 2.55. The molecule has 1 aromatic carbocycles. The molecule has 14 heavy (non-hydrogen) atoms. The molecule has 1 heterocycles. The number of rotatable bonds is 1. The maximum atomic E-state index is 13.3. The van der Waals surface area contributed by atoms with E-state index in [1.807, 2.05) is 0 Å². The molecule has 72 valence electrons. The van der Waals surface area contributed by atoms with Crippen molar-refractivity contribution in [2.24, 2.45) is 0 Å². The zero-order valence-electron chi connectivity index (χ0n) is 6.98. The van der Waals surface area contributed by atoms with Crippen molar-refractivity contribution >= 4 is 17.4 Å². The van der Waals surface area contributed by atoms with Gasteiger partial charge in [0, 0.05) is 5.02 Å². The zero-order chi connectivity index (χ0) is 10.1. The fourth-order valence-electron chi connectivity index (χ4n) is 1.03. The monoisotopic (exact) mass is 212 g/mol. The molecule has 0 spiro atoms. The SMILES string of the molecule is Nc1cnn(-c2cc(Cl)ccc2F)n1. The molecule has 2 rings (SSSR count). The van der Waals surface area contributed by atoms with Gasteiger partial charge in [-0.25, -0.2) is 4.39 Å². The Morgan fingerprint density at radius 3 is 2.86 bits per heavy atom. The Bertz CT molecular complexity index is 468. The van der Waals surface area contributed by atoms with Crippen molar-refractivity contribution in [2.45, 2.75) is 0 Å². The van der Waals surface area contributed by atoms with Crippen LogP contribution in [0.4, 0.5) is 10.2 Å². The molecule has 0 atom stereocenters. The number of aromatic nitrogens is 3. The van der Waals surface area contributed by atoms with E-state index in [-0.39, 0.29) is 11.5 Å². The van der Waals surface area contributed by atoms with E-state index < -0.39 is 5.82 Å². The summed E-state index contributed by atoms with van der Waals surface area (Å²) in [7, 11) is 0. The Morgan fingerprint density at radius 2 is 2.21 bits per heavy atom. The highest BCUT2D eigenvalue weighted by Gasteiger charge is 2.07. The lowest BCUT2D eigenvalue weighted by Crippen LogP contribution is -2.02.